The Morgan fingerprint density at radius 1 is 1.14 bits per heavy atom. The molecule has 0 saturated carbocycles. The van der Waals surface area contributed by atoms with Crippen molar-refractivity contribution in [3.8, 4) is 0 Å². The molecule has 0 saturated heterocycles. The average molecular weight is 192 g/mol. The molecule has 0 bridgehead atoms. The van der Waals surface area contributed by atoms with Gasteiger partial charge in [0, 0.05) is 17.7 Å². The van der Waals surface area contributed by atoms with E-state index in [0.29, 0.717) is 0 Å². The molecular weight excluding hydrogens is 176 g/mol. The second-order valence-electron chi connectivity index (χ2n) is 3.39. The summed E-state index contributed by atoms with van der Waals surface area (Å²) >= 11 is 0. The summed E-state index contributed by atoms with van der Waals surface area (Å²) in [6.45, 7) is 6.37. The molecule has 2 aromatic rings. The van der Waals surface area contributed by atoms with E-state index in [2.05, 4.69) is 36.0 Å². The van der Waals surface area contributed by atoms with Crippen LogP contribution in [-0.4, -0.2) is 19.8 Å². The molecule has 2 rings (SSSR count). The van der Waals surface area contributed by atoms with Crippen molar-refractivity contribution in [2.24, 2.45) is 0 Å². The van der Waals surface area contributed by atoms with E-state index in [0.717, 1.165) is 30.7 Å². The van der Waals surface area contributed by atoms with Gasteiger partial charge in [0.2, 0.25) is 0 Å². The number of aryl methyl sites for hydroxylation is 3. The van der Waals surface area contributed by atoms with Crippen LogP contribution in [-0.2, 0) is 19.3 Å². The Kier molecular flexibility index (Phi) is 2.27. The van der Waals surface area contributed by atoms with Crippen LogP contribution < -0.4 is 0 Å². The maximum Gasteiger partial charge on any atom is 0.178 e. The number of nitrogens with zero attached hydrogens (tertiary/aromatic N) is 3. The first-order valence-electron chi connectivity index (χ1n) is 5.25. The van der Waals surface area contributed by atoms with Crippen LogP contribution in [0, 0.1) is 0 Å². The minimum absolute atomic E-state index is 0.889. The largest absolute Gasteiger partial charge is 0.280 e. The van der Waals surface area contributed by atoms with Gasteiger partial charge in [-0.15, -0.1) is 5.10 Å². The number of aromatic amines is 1. The van der Waals surface area contributed by atoms with E-state index in [-0.39, 0.29) is 0 Å². The monoisotopic (exact) mass is 192 g/mol. The minimum atomic E-state index is 0.889. The number of rotatable bonds is 3. The number of hydrogen-bond acceptors (Lipinski definition) is 2. The molecule has 2 aromatic heterocycles. The van der Waals surface area contributed by atoms with Crippen molar-refractivity contribution in [3.63, 3.8) is 0 Å². The van der Waals surface area contributed by atoms with Gasteiger partial charge in [0.1, 0.15) is 0 Å². The van der Waals surface area contributed by atoms with E-state index in [4.69, 9.17) is 0 Å². The summed E-state index contributed by atoms with van der Waals surface area (Å²) in [6, 6.07) is 0. The summed E-state index contributed by atoms with van der Waals surface area (Å²) in [6.07, 6.45) is 2.91. The van der Waals surface area contributed by atoms with Crippen LogP contribution in [0.2, 0.25) is 0 Å². The third-order valence-corrected chi connectivity index (χ3v) is 2.55. The quantitative estimate of drug-likeness (QED) is 0.805. The Balaban J connectivity index is 2.61. The molecule has 0 aliphatic carbocycles. The topological polar surface area (TPSA) is 46.0 Å². The highest BCUT2D eigenvalue weighted by molar-refractivity contribution is 5.49. The lowest BCUT2D eigenvalue weighted by Gasteiger charge is -1.94. The van der Waals surface area contributed by atoms with Crippen LogP contribution in [0.25, 0.3) is 5.65 Å². The van der Waals surface area contributed by atoms with Gasteiger partial charge >= 0.3 is 0 Å². The van der Waals surface area contributed by atoms with Crippen molar-refractivity contribution >= 4 is 5.65 Å². The summed E-state index contributed by atoms with van der Waals surface area (Å²) in [5, 5.41) is 7.62. The van der Waals surface area contributed by atoms with Crippen molar-refractivity contribution in [1.82, 2.24) is 19.8 Å². The van der Waals surface area contributed by atoms with Crippen LogP contribution in [0.4, 0.5) is 0 Å². The van der Waals surface area contributed by atoms with Gasteiger partial charge in [-0.2, -0.15) is 4.63 Å². The first kappa shape index (κ1) is 9.24. The van der Waals surface area contributed by atoms with Crippen molar-refractivity contribution in [3.05, 3.63) is 17.1 Å². The van der Waals surface area contributed by atoms with Gasteiger partial charge < -0.3 is 0 Å². The fourth-order valence-electron chi connectivity index (χ4n) is 1.77. The van der Waals surface area contributed by atoms with E-state index in [1.54, 1.807) is 4.63 Å². The maximum absolute atomic E-state index is 4.49. The van der Waals surface area contributed by atoms with Crippen LogP contribution in [0.3, 0.4) is 0 Å². The Labute approximate surface area is 83.3 Å². The van der Waals surface area contributed by atoms with E-state index < -0.39 is 0 Å². The van der Waals surface area contributed by atoms with Gasteiger partial charge in [-0.3, -0.25) is 5.10 Å². The predicted octanol–water partition coefficient (Wildman–Crippen LogP) is 1.74. The van der Waals surface area contributed by atoms with Gasteiger partial charge in [-0.05, 0) is 12.8 Å². The van der Waals surface area contributed by atoms with Gasteiger partial charge in [0.15, 0.2) is 11.5 Å². The lowest BCUT2D eigenvalue weighted by atomic mass is 10.1. The van der Waals surface area contributed by atoms with Gasteiger partial charge in [0.25, 0.3) is 0 Å². The lowest BCUT2D eigenvalue weighted by molar-refractivity contribution is 0.766. The first-order chi connectivity index (χ1) is 6.80. The molecule has 0 aliphatic rings. The molecule has 0 aliphatic heterocycles. The van der Waals surface area contributed by atoms with Gasteiger partial charge in [-0.25, -0.2) is 4.98 Å². The maximum atomic E-state index is 4.49. The van der Waals surface area contributed by atoms with Crippen LogP contribution in [0.5, 0.6) is 0 Å². The third kappa shape index (κ3) is 1.22. The number of nitrogens with one attached hydrogen (secondary N) is 1. The molecule has 1 N–H and O–H groups in total. The molecule has 0 unspecified atom stereocenters. The molecule has 76 valence electrons. The fourth-order valence-corrected chi connectivity index (χ4v) is 1.77. The highest BCUT2D eigenvalue weighted by Crippen LogP contribution is 2.15. The standard InChI is InChI=1S/C10H16N4/c1-4-7-8(5-2)12-14-10(7)11-9(6-3)13-14/h12H,4-6H2,1-3H3. The second-order valence-corrected chi connectivity index (χ2v) is 3.39. The van der Waals surface area contributed by atoms with Crippen molar-refractivity contribution in [1.29, 1.82) is 0 Å². The Morgan fingerprint density at radius 3 is 2.50 bits per heavy atom. The van der Waals surface area contributed by atoms with E-state index in [1.165, 1.54) is 11.3 Å². The summed E-state index contributed by atoms with van der Waals surface area (Å²) < 4.78 is 1.80. The second kappa shape index (κ2) is 3.44. The summed E-state index contributed by atoms with van der Waals surface area (Å²) in [7, 11) is 0. The predicted molar refractivity (Wildman–Crippen MR) is 55.5 cm³/mol. The lowest BCUT2D eigenvalue weighted by Crippen LogP contribution is -1.92. The third-order valence-electron chi connectivity index (χ3n) is 2.55. The minimum Gasteiger partial charge on any atom is -0.280 e. The highest BCUT2D eigenvalue weighted by Gasteiger charge is 2.12. The summed E-state index contributed by atoms with van der Waals surface area (Å²) in [5.74, 6) is 0.911. The van der Waals surface area contributed by atoms with E-state index in [9.17, 15) is 0 Å². The number of hydrogen-bond donors (Lipinski definition) is 1. The van der Waals surface area contributed by atoms with Gasteiger partial charge in [0.05, 0.1) is 0 Å². The average Bonchev–Trinajstić information content (AvgIpc) is 2.72. The summed E-state index contributed by atoms with van der Waals surface area (Å²) in [4.78, 5) is 4.49. The van der Waals surface area contributed by atoms with Crippen molar-refractivity contribution in [2.45, 2.75) is 40.0 Å². The summed E-state index contributed by atoms with van der Waals surface area (Å²) in [5.41, 5.74) is 3.56. The SMILES string of the molecule is CCc1nc2c(CC)c(CC)[nH]n2n1. The normalized spacial score (nSPS) is 11.4. The van der Waals surface area contributed by atoms with Crippen LogP contribution in [0.15, 0.2) is 0 Å². The number of fused-ring (bicyclic) bond motifs is 1. The van der Waals surface area contributed by atoms with Crippen molar-refractivity contribution in [2.75, 3.05) is 0 Å². The molecule has 0 atom stereocenters. The molecular formula is C10H16N4. The molecule has 0 amide bonds. The van der Waals surface area contributed by atoms with Crippen LogP contribution in [0.1, 0.15) is 37.9 Å². The zero-order valence-electron chi connectivity index (χ0n) is 8.96. The number of H-pyrrole nitrogens is 1. The Bertz CT molecular complexity index is 438. The fraction of sp³-hybridized carbons (Fsp3) is 0.600. The van der Waals surface area contributed by atoms with Gasteiger partial charge in [-0.1, -0.05) is 20.8 Å². The Hall–Kier alpha value is -1.32. The zero-order valence-corrected chi connectivity index (χ0v) is 8.96. The van der Waals surface area contributed by atoms with E-state index in [1.807, 2.05) is 0 Å². The first-order valence-corrected chi connectivity index (χ1v) is 5.25. The van der Waals surface area contributed by atoms with Crippen molar-refractivity contribution < 1.29 is 0 Å². The molecule has 14 heavy (non-hydrogen) atoms. The highest BCUT2D eigenvalue weighted by atomic mass is 15.5. The smallest absolute Gasteiger partial charge is 0.178 e. The molecule has 4 nitrogen and oxygen atoms in total. The molecule has 0 aromatic carbocycles. The van der Waals surface area contributed by atoms with E-state index >= 15 is 0 Å². The molecule has 4 heteroatoms. The number of aromatic nitrogens is 4. The molecule has 0 radical (unpaired) electrons. The zero-order chi connectivity index (χ0) is 10.1. The molecule has 0 spiro atoms. The Morgan fingerprint density at radius 2 is 1.93 bits per heavy atom. The van der Waals surface area contributed by atoms with Crippen LogP contribution >= 0.6 is 0 Å². The molecule has 0 fully saturated rings. The molecule has 2 heterocycles.